The first-order valence-corrected chi connectivity index (χ1v) is 28.0. The molecular weight excluding hydrogens is 853 g/mol. The van der Waals surface area contributed by atoms with Crippen molar-refractivity contribution in [3.63, 3.8) is 0 Å². The van der Waals surface area contributed by atoms with Crippen LogP contribution in [-0.2, 0) is 20.0 Å². The van der Waals surface area contributed by atoms with Gasteiger partial charge in [-0.15, -0.1) is 0 Å². The number of nitro benzene ring substituents is 2. The number of nitrogens with zero attached hydrogens (tertiary/aromatic N) is 2. The molecule has 0 unspecified atom stereocenters. The highest BCUT2D eigenvalue weighted by molar-refractivity contribution is 7.89. The van der Waals surface area contributed by atoms with Gasteiger partial charge in [-0.05, 0) is 25.0 Å². The van der Waals surface area contributed by atoms with E-state index in [1.807, 2.05) is 0 Å². The number of rotatable bonds is 40. The van der Waals surface area contributed by atoms with Crippen molar-refractivity contribution in [3.8, 4) is 11.1 Å². The number of fused-ring (bicyclic) bond motifs is 3. The second-order valence-electron chi connectivity index (χ2n) is 18.0. The summed E-state index contributed by atoms with van der Waals surface area (Å²) in [7, 11) is -8.61. The van der Waals surface area contributed by atoms with Gasteiger partial charge in [-0.3, -0.25) is 25.0 Å². The van der Waals surface area contributed by atoms with E-state index in [4.69, 9.17) is 0 Å². The summed E-state index contributed by atoms with van der Waals surface area (Å²) in [5.74, 6) is -0.930. The lowest BCUT2D eigenvalue weighted by Gasteiger charge is -2.10. The predicted molar refractivity (Wildman–Crippen MR) is 258 cm³/mol. The summed E-state index contributed by atoms with van der Waals surface area (Å²) in [5.41, 5.74) is -3.23. The highest BCUT2D eigenvalue weighted by Crippen LogP contribution is 2.49. The van der Waals surface area contributed by atoms with Gasteiger partial charge in [0, 0.05) is 36.3 Å². The second-order valence-corrected chi connectivity index (χ2v) is 21.5. The molecule has 2 aromatic carbocycles. The second kappa shape index (κ2) is 30.8. The SMILES string of the molecule is CCCCCCCCCCCCCCCCCCNS(=O)(=O)c1cc2c(c([N+](=O)[O-])c1)-c1c(cc(S(=O)(=O)NCCCCCCCCCCCCCCCCCC)cc1[N+](=O)[O-])C2=O. The Morgan fingerprint density at radius 2 is 0.641 bits per heavy atom. The third-order valence-electron chi connectivity index (χ3n) is 12.6. The normalized spacial score (nSPS) is 12.5. The van der Waals surface area contributed by atoms with E-state index in [1.54, 1.807) is 0 Å². The van der Waals surface area contributed by atoms with E-state index in [-0.39, 0.29) is 13.1 Å². The zero-order valence-corrected chi connectivity index (χ0v) is 40.9. The van der Waals surface area contributed by atoms with Crippen molar-refractivity contribution in [2.45, 2.75) is 229 Å². The summed E-state index contributed by atoms with van der Waals surface area (Å²) in [6.07, 6.45) is 37.7. The Labute approximate surface area is 385 Å². The molecule has 0 saturated carbocycles. The number of sulfonamides is 2. The van der Waals surface area contributed by atoms with Gasteiger partial charge in [0.05, 0.1) is 30.8 Å². The largest absolute Gasteiger partial charge is 0.289 e. The van der Waals surface area contributed by atoms with Crippen molar-refractivity contribution in [2.75, 3.05) is 13.1 Å². The highest BCUT2D eigenvalue weighted by atomic mass is 32.2. The monoisotopic (exact) mass is 933 g/mol. The molecule has 2 N–H and O–H groups in total. The molecule has 3 rings (SSSR count). The van der Waals surface area contributed by atoms with Crippen molar-refractivity contribution >= 4 is 37.2 Å². The molecule has 2 aromatic rings. The van der Waals surface area contributed by atoms with Crippen molar-refractivity contribution in [2.24, 2.45) is 0 Å². The Morgan fingerprint density at radius 3 is 0.875 bits per heavy atom. The third-order valence-corrected chi connectivity index (χ3v) is 15.5. The van der Waals surface area contributed by atoms with Crippen LogP contribution in [0.5, 0.6) is 0 Å². The third kappa shape index (κ3) is 19.3. The molecule has 1 aliphatic carbocycles. The summed E-state index contributed by atoms with van der Waals surface area (Å²) in [5, 5.41) is 24.7. The first-order chi connectivity index (χ1) is 30.9. The Balaban J connectivity index is 1.46. The maximum absolute atomic E-state index is 13.8. The molecule has 0 aliphatic heterocycles. The van der Waals surface area contributed by atoms with Gasteiger partial charge in [0.1, 0.15) is 0 Å². The Bertz CT molecular complexity index is 1820. The fourth-order valence-electron chi connectivity index (χ4n) is 8.75. The van der Waals surface area contributed by atoms with Gasteiger partial charge in [0.2, 0.25) is 20.0 Å². The van der Waals surface area contributed by atoms with Crippen LogP contribution in [0.4, 0.5) is 11.4 Å². The minimum absolute atomic E-state index is 0.0962. The van der Waals surface area contributed by atoms with Crippen molar-refractivity contribution in [1.29, 1.82) is 0 Å². The molecule has 1 aliphatic rings. The van der Waals surface area contributed by atoms with E-state index in [9.17, 15) is 41.9 Å². The average Bonchev–Trinajstić information content (AvgIpc) is 3.55. The predicted octanol–water partition coefficient (Wildman–Crippen LogP) is 13.8. The van der Waals surface area contributed by atoms with Crippen LogP contribution in [0.25, 0.3) is 11.1 Å². The number of unbranched alkanes of at least 4 members (excludes halogenated alkanes) is 30. The van der Waals surface area contributed by atoms with Crippen LogP contribution in [-0.4, -0.2) is 45.6 Å². The first-order valence-electron chi connectivity index (χ1n) is 25.0. The van der Waals surface area contributed by atoms with Gasteiger partial charge < -0.3 is 0 Å². The van der Waals surface area contributed by atoms with E-state index in [1.165, 1.54) is 141 Å². The summed E-state index contributed by atoms with van der Waals surface area (Å²) < 4.78 is 58.4. The van der Waals surface area contributed by atoms with Crippen LogP contribution in [0.1, 0.15) is 235 Å². The standard InChI is InChI=1S/C49H80N4O9S2/c1-3-5-7-9-11-13-15-17-19-21-23-25-27-29-31-33-35-50-63(59,60)41-37-43-47(45(39-41)52(55)56)48-44(49(43)54)38-42(40-46(48)53(57)58)64(61,62)51-36-34-32-30-28-26-24-22-20-18-16-14-12-10-8-6-4-2/h37-40,50-51H,3-36H2,1-2H3. The number of nitrogens with one attached hydrogen (secondary N) is 2. The van der Waals surface area contributed by atoms with E-state index in [0.29, 0.717) is 12.8 Å². The maximum Gasteiger partial charge on any atom is 0.279 e. The molecule has 64 heavy (non-hydrogen) atoms. The lowest BCUT2D eigenvalue weighted by Crippen LogP contribution is -2.25. The molecule has 0 saturated heterocycles. The number of benzene rings is 2. The quantitative estimate of drug-likeness (QED) is 0.0317. The van der Waals surface area contributed by atoms with Gasteiger partial charge in [-0.25, -0.2) is 26.3 Å². The molecule has 0 spiro atoms. The minimum atomic E-state index is -4.30. The molecule has 13 nitrogen and oxygen atoms in total. The van der Waals surface area contributed by atoms with Crippen molar-refractivity contribution < 1.29 is 31.5 Å². The van der Waals surface area contributed by atoms with Crippen molar-refractivity contribution in [1.82, 2.24) is 9.44 Å². The average molecular weight is 933 g/mol. The molecule has 362 valence electrons. The number of carbonyl (C=O) groups is 1. The van der Waals surface area contributed by atoms with Gasteiger partial charge in [-0.1, -0.05) is 206 Å². The molecule has 0 radical (unpaired) electrons. The fourth-order valence-corrected chi connectivity index (χ4v) is 11.0. The van der Waals surface area contributed by atoms with E-state index in [2.05, 4.69) is 23.3 Å². The summed E-state index contributed by atoms with van der Waals surface area (Å²) >= 11 is 0. The van der Waals surface area contributed by atoms with Crippen molar-refractivity contribution in [3.05, 3.63) is 55.6 Å². The molecule has 0 bridgehead atoms. The lowest BCUT2D eigenvalue weighted by atomic mass is 10.0. The number of hydrogen-bond acceptors (Lipinski definition) is 9. The zero-order valence-electron chi connectivity index (χ0n) is 39.2. The number of nitro groups is 2. The van der Waals surface area contributed by atoms with Gasteiger partial charge in [-0.2, -0.15) is 0 Å². The Hall–Kier alpha value is -3.27. The van der Waals surface area contributed by atoms with Crippen LogP contribution in [0, 0.1) is 20.2 Å². The maximum atomic E-state index is 13.8. The summed E-state index contributed by atoms with van der Waals surface area (Å²) in [6, 6.07) is 3.55. The minimum Gasteiger partial charge on any atom is -0.289 e. The van der Waals surface area contributed by atoms with E-state index in [0.717, 1.165) is 75.6 Å². The number of carbonyl (C=O) groups excluding carboxylic acids is 1. The van der Waals surface area contributed by atoms with Crippen LogP contribution in [0.2, 0.25) is 0 Å². The van der Waals surface area contributed by atoms with Gasteiger partial charge >= 0.3 is 0 Å². The molecular formula is C49H80N4O9S2. The first kappa shape index (κ1) is 55.1. The van der Waals surface area contributed by atoms with Crippen LogP contribution >= 0.6 is 0 Å². The van der Waals surface area contributed by atoms with Crippen LogP contribution in [0.15, 0.2) is 34.1 Å². The fraction of sp³-hybridized carbons (Fsp3) is 0.735. The van der Waals surface area contributed by atoms with E-state index >= 15 is 0 Å². The molecule has 15 heteroatoms. The van der Waals surface area contributed by atoms with Crippen LogP contribution < -0.4 is 9.44 Å². The molecule has 0 aromatic heterocycles. The summed E-state index contributed by atoms with van der Waals surface area (Å²) in [4.78, 5) is 35.6. The Morgan fingerprint density at radius 1 is 0.406 bits per heavy atom. The molecule has 0 amide bonds. The topological polar surface area (TPSA) is 196 Å². The molecule has 0 atom stereocenters. The van der Waals surface area contributed by atoms with Gasteiger partial charge in [0.25, 0.3) is 11.4 Å². The lowest BCUT2D eigenvalue weighted by molar-refractivity contribution is -0.386. The van der Waals surface area contributed by atoms with Crippen LogP contribution in [0.3, 0.4) is 0 Å². The smallest absolute Gasteiger partial charge is 0.279 e. The van der Waals surface area contributed by atoms with E-state index < -0.39 is 79.1 Å². The zero-order chi connectivity index (χ0) is 46.6. The highest BCUT2D eigenvalue weighted by Gasteiger charge is 2.41. The number of hydrogen-bond donors (Lipinski definition) is 2. The molecule has 0 heterocycles. The Kier molecular flexibility index (Phi) is 26.5. The summed E-state index contributed by atoms with van der Waals surface area (Å²) in [6.45, 7) is 4.67. The molecule has 0 fully saturated rings. The van der Waals surface area contributed by atoms with Gasteiger partial charge in [0.15, 0.2) is 5.78 Å². The number of ketones is 1.